The average Bonchev–Trinajstić information content (AvgIpc) is 2.90. The van der Waals surface area contributed by atoms with Crippen molar-refractivity contribution < 1.29 is 9.47 Å². The Kier molecular flexibility index (Phi) is 9.11. The molecule has 0 bridgehead atoms. The number of ether oxygens (including phenoxy) is 2. The number of fused-ring (bicyclic) bond motifs is 1. The molecule has 4 rings (SSSR count). The van der Waals surface area contributed by atoms with Gasteiger partial charge >= 0.3 is 0 Å². The topological polar surface area (TPSA) is 65.7 Å². The molecule has 1 aromatic heterocycles. The van der Waals surface area contributed by atoms with E-state index in [2.05, 4.69) is 59.8 Å². The van der Waals surface area contributed by atoms with E-state index in [9.17, 15) is 4.79 Å². The minimum atomic E-state index is -0.233. The van der Waals surface area contributed by atoms with Gasteiger partial charge in [0.15, 0.2) is 11.5 Å². The molecule has 0 spiro atoms. The summed E-state index contributed by atoms with van der Waals surface area (Å²) in [5.41, 5.74) is 2.07. The second-order valence-corrected chi connectivity index (χ2v) is 11.3. The van der Waals surface area contributed by atoms with Gasteiger partial charge in [0.05, 0.1) is 28.7 Å². The zero-order valence-corrected chi connectivity index (χ0v) is 25.8. The first-order valence-electron chi connectivity index (χ1n) is 11.4. The first kappa shape index (κ1) is 27.8. The zero-order valence-electron chi connectivity index (χ0n) is 20.3. The van der Waals surface area contributed by atoms with Crippen LogP contribution in [0, 0.1) is 0 Å². The molecule has 1 heterocycles. The first-order valence-corrected chi connectivity index (χ1v) is 14.2. The molecule has 6 nitrogen and oxygen atoms in total. The van der Waals surface area contributed by atoms with E-state index in [-0.39, 0.29) is 11.5 Å². The minimum absolute atomic E-state index is 0.0336. The molecular weight excluding hydrogens is 689 g/mol. The predicted molar refractivity (Wildman–Crippen MR) is 160 cm³/mol. The second-order valence-electron chi connectivity index (χ2n) is 8.34. The number of rotatable bonds is 8. The summed E-state index contributed by atoms with van der Waals surface area (Å²) in [5, 5.41) is 5.73. The highest BCUT2D eigenvalue weighted by Crippen LogP contribution is 2.42. The Labute approximate surface area is 245 Å². The summed E-state index contributed by atoms with van der Waals surface area (Å²) >= 11 is 16.7. The lowest BCUT2D eigenvalue weighted by atomic mass is 10.1. The molecule has 0 N–H and O–H groups in total. The Hall–Kier alpha value is -2.20. The third kappa shape index (κ3) is 6.11. The van der Waals surface area contributed by atoms with Gasteiger partial charge in [-0.3, -0.25) is 4.79 Å². The molecule has 0 radical (unpaired) electrons. The Bertz CT molecular complexity index is 1540. The second kappa shape index (κ2) is 12.1. The molecule has 0 fully saturated rings. The van der Waals surface area contributed by atoms with Gasteiger partial charge in [0.25, 0.3) is 5.56 Å². The number of benzene rings is 3. The predicted octanol–water partition coefficient (Wildman–Crippen LogP) is 8.32. The van der Waals surface area contributed by atoms with Crippen LogP contribution in [0.1, 0.15) is 43.1 Å². The molecule has 0 aliphatic heterocycles. The van der Waals surface area contributed by atoms with Crippen LogP contribution in [-0.2, 0) is 6.61 Å². The molecular formula is C27H23Br3ClN3O3. The van der Waals surface area contributed by atoms with E-state index in [4.69, 9.17) is 26.1 Å². The SMILES string of the molecule is CC[C@@H](C)c1nc2ccc(Br)cc2c(=O)n1N=Cc1cc(OC)c(OCc2ccc(Cl)cc2)c(Br)c1Br. The molecule has 0 aliphatic rings. The van der Waals surface area contributed by atoms with Gasteiger partial charge in [-0.05, 0) is 80.2 Å². The van der Waals surface area contributed by atoms with E-state index in [1.54, 1.807) is 25.5 Å². The van der Waals surface area contributed by atoms with Crippen molar-refractivity contribution in [1.29, 1.82) is 0 Å². The van der Waals surface area contributed by atoms with Crippen LogP contribution < -0.4 is 15.0 Å². The monoisotopic (exact) mass is 709 g/mol. The van der Waals surface area contributed by atoms with Crippen molar-refractivity contribution in [1.82, 2.24) is 9.66 Å². The van der Waals surface area contributed by atoms with E-state index in [0.717, 1.165) is 16.5 Å². The van der Waals surface area contributed by atoms with E-state index in [1.165, 1.54) is 4.68 Å². The van der Waals surface area contributed by atoms with Crippen LogP contribution in [0.5, 0.6) is 11.5 Å². The molecule has 0 saturated heterocycles. The van der Waals surface area contributed by atoms with Crippen molar-refractivity contribution >= 4 is 76.5 Å². The van der Waals surface area contributed by atoms with Gasteiger partial charge in [-0.1, -0.05) is 53.5 Å². The molecule has 0 amide bonds. The zero-order chi connectivity index (χ0) is 26.7. The van der Waals surface area contributed by atoms with Gasteiger partial charge in [-0.25, -0.2) is 4.98 Å². The molecule has 192 valence electrons. The highest BCUT2D eigenvalue weighted by atomic mass is 79.9. The number of hydrogen-bond acceptors (Lipinski definition) is 5. The summed E-state index contributed by atoms with van der Waals surface area (Å²) in [6, 6.07) is 14.7. The number of halogens is 4. The van der Waals surface area contributed by atoms with Crippen LogP contribution >= 0.6 is 59.4 Å². The molecule has 37 heavy (non-hydrogen) atoms. The van der Waals surface area contributed by atoms with Crippen molar-refractivity contribution in [2.45, 2.75) is 32.8 Å². The minimum Gasteiger partial charge on any atom is -0.493 e. The van der Waals surface area contributed by atoms with Gasteiger partial charge in [0.2, 0.25) is 0 Å². The van der Waals surface area contributed by atoms with Crippen LogP contribution in [-0.4, -0.2) is 23.0 Å². The largest absolute Gasteiger partial charge is 0.493 e. The highest BCUT2D eigenvalue weighted by molar-refractivity contribution is 9.13. The van der Waals surface area contributed by atoms with Crippen LogP contribution in [0.3, 0.4) is 0 Å². The lowest BCUT2D eigenvalue weighted by Gasteiger charge is -2.16. The molecule has 0 aliphatic carbocycles. The lowest BCUT2D eigenvalue weighted by Crippen LogP contribution is -2.23. The summed E-state index contributed by atoms with van der Waals surface area (Å²) in [6.07, 6.45) is 2.42. The number of hydrogen-bond donors (Lipinski definition) is 0. The molecule has 0 unspecified atom stereocenters. The summed E-state index contributed by atoms with van der Waals surface area (Å²) < 4.78 is 15.2. The summed E-state index contributed by atoms with van der Waals surface area (Å²) in [6.45, 7) is 4.41. The number of nitrogens with zero attached hydrogens (tertiary/aromatic N) is 3. The van der Waals surface area contributed by atoms with Crippen molar-refractivity contribution in [3.63, 3.8) is 0 Å². The van der Waals surface area contributed by atoms with Crippen molar-refractivity contribution in [3.05, 3.63) is 94.3 Å². The smallest absolute Gasteiger partial charge is 0.282 e. The van der Waals surface area contributed by atoms with E-state index < -0.39 is 0 Å². The fourth-order valence-corrected chi connectivity index (χ4v) is 5.04. The van der Waals surface area contributed by atoms with Crippen molar-refractivity contribution in [2.24, 2.45) is 5.10 Å². The van der Waals surface area contributed by atoms with Gasteiger partial charge < -0.3 is 9.47 Å². The summed E-state index contributed by atoms with van der Waals surface area (Å²) in [4.78, 5) is 18.2. The van der Waals surface area contributed by atoms with Crippen LogP contribution in [0.4, 0.5) is 0 Å². The average molecular weight is 713 g/mol. The van der Waals surface area contributed by atoms with E-state index in [0.29, 0.717) is 54.4 Å². The fourth-order valence-electron chi connectivity index (χ4n) is 3.62. The maximum Gasteiger partial charge on any atom is 0.282 e. The van der Waals surface area contributed by atoms with Crippen molar-refractivity contribution in [2.75, 3.05) is 7.11 Å². The lowest BCUT2D eigenvalue weighted by molar-refractivity contribution is 0.282. The maximum absolute atomic E-state index is 13.4. The highest BCUT2D eigenvalue weighted by Gasteiger charge is 2.18. The van der Waals surface area contributed by atoms with E-state index >= 15 is 0 Å². The molecule has 3 aromatic carbocycles. The van der Waals surface area contributed by atoms with Gasteiger partial charge in [-0.15, -0.1) is 0 Å². The third-order valence-electron chi connectivity index (χ3n) is 5.87. The van der Waals surface area contributed by atoms with Crippen molar-refractivity contribution in [3.8, 4) is 11.5 Å². The summed E-state index contributed by atoms with van der Waals surface area (Å²) in [5.74, 6) is 1.69. The Morgan fingerprint density at radius 1 is 1.11 bits per heavy atom. The van der Waals surface area contributed by atoms with Crippen LogP contribution in [0.2, 0.25) is 5.02 Å². The van der Waals surface area contributed by atoms with Gasteiger partial charge in [-0.2, -0.15) is 9.78 Å². The molecule has 1 atom stereocenters. The number of methoxy groups -OCH3 is 1. The molecule has 10 heteroatoms. The van der Waals surface area contributed by atoms with Gasteiger partial charge in [0.1, 0.15) is 12.4 Å². The Morgan fingerprint density at radius 3 is 2.51 bits per heavy atom. The number of aromatic nitrogens is 2. The Morgan fingerprint density at radius 2 is 1.84 bits per heavy atom. The first-order chi connectivity index (χ1) is 17.7. The van der Waals surface area contributed by atoms with Gasteiger partial charge in [0, 0.05) is 25.4 Å². The quantitative estimate of drug-likeness (QED) is 0.173. The maximum atomic E-state index is 13.4. The third-order valence-corrected chi connectivity index (χ3v) is 8.76. The standard InChI is InChI=1S/C27H23Br3ClN3O3/c1-4-15(2)26-33-21-10-7-18(28)12-20(21)27(35)34(26)32-13-17-11-22(36-3)25(24(30)23(17)29)37-14-16-5-8-19(31)9-6-16/h5-13,15H,4,14H2,1-3H3/t15-/m1/s1. The fraction of sp³-hybridized carbons (Fsp3) is 0.222. The normalized spacial score (nSPS) is 12.3. The van der Waals surface area contributed by atoms with E-state index in [1.807, 2.05) is 43.3 Å². The van der Waals surface area contributed by atoms with Crippen LogP contribution in [0.15, 0.2) is 71.8 Å². The Balaban J connectivity index is 1.74. The molecule has 0 saturated carbocycles. The molecule has 4 aromatic rings. The summed E-state index contributed by atoms with van der Waals surface area (Å²) in [7, 11) is 1.57. The van der Waals surface area contributed by atoms with Crippen LogP contribution in [0.25, 0.3) is 10.9 Å².